The Labute approximate surface area is 150 Å². The average Bonchev–Trinajstić information content (AvgIpc) is 3.06. The molecule has 0 fully saturated rings. The van der Waals surface area contributed by atoms with Crippen LogP contribution in [0.1, 0.15) is 34.0 Å². The van der Waals surface area contributed by atoms with Crippen LogP contribution in [0.2, 0.25) is 0 Å². The molecule has 7 nitrogen and oxygen atoms in total. The molecule has 0 bridgehead atoms. The van der Waals surface area contributed by atoms with E-state index in [1.807, 2.05) is 30.3 Å². The van der Waals surface area contributed by atoms with Crippen LogP contribution in [0.25, 0.3) is 0 Å². The second-order valence-corrected chi connectivity index (χ2v) is 6.05. The maximum atomic E-state index is 12.3. The lowest BCUT2D eigenvalue weighted by atomic mass is 10.1. The number of amidine groups is 1. The minimum Gasteiger partial charge on any atom is -0.508 e. The van der Waals surface area contributed by atoms with Gasteiger partial charge in [0.05, 0.1) is 0 Å². The van der Waals surface area contributed by atoms with E-state index in [4.69, 9.17) is 0 Å². The summed E-state index contributed by atoms with van der Waals surface area (Å²) in [5.41, 5.74) is 1.59. The Hall–Kier alpha value is -3.48. The van der Waals surface area contributed by atoms with E-state index in [0.29, 0.717) is 36.5 Å². The van der Waals surface area contributed by atoms with Gasteiger partial charge in [0.1, 0.15) is 11.6 Å². The van der Waals surface area contributed by atoms with Crippen LogP contribution in [0.15, 0.2) is 59.7 Å². The van der Waals surface area contributed by atoms with Crippen molar-refractivity contribution in [1.29, 1.82) is 0 Å². The monoisotopic (exact) mass is 347 g/mol. The molecule has 0 spiro atoms. The smallest absolute Gasteiger partial charge is 0.256 e. The van der Waals surface area contributed by atoms with E-state index in [1.165, 1.54) is 0 Å². The number of nitrogens with zero attached hydrogens (tertiary/aromatic N) is 4. The molecule has 1 amide bonds. The number of aromatic hydroxyl groups is 1. The summed E-state index contributed by atoms with van der Waals surface area (Å²) in [6.07, 6.45) is 1.81. The minimum absolute atomic E-state index is 0.180. The molecule has 0 aliphatic carbocycles. The second kappa shape index (κ2) is 6.79. The van der Waals surface area contributed by atoms with E-state index in [1.54, 1.807) is 28.9 Å². The zero-order chi connectivity index (χ0) is 17.9. The van der Waals surface area contributed by atoms with Crippen LogP contribution >= 0.6 is 0 Å². The Kier molecular flexibility index (Phi) is 4.18. The highest BCUT2D eigenvalue weighted by Gasteiger charge is 2.20. The maximum Gasteiger partial charge on any atom is 0.256 e. The summed E-state index contributed by atoms with van der Waals surface area (Å²) in [7, 11) is 0. The molecule has 3 aromatic rings. The van der Waals surface area contributed by atoms with Crippen molar-refractivity contribution in [3.05, 3.63) is 77.4 Å². The third-order valence-corrected chi connectivity index (χ3v) is 4.17. The molecule has 26 heavy (non-hydrogen) atoms. The van der Waals surface area contributed by atoms with Crippen LogP contribution in [-0.2, 0) is 12.8 Å². The van der Waals surface area contributed by atoms with E-state index >= 15 is 0 Å². The minimum atomic E-state index is -0.180. The van der Waals surface area contributed by atoms with Gasteiger partial charge in [-0.2, -0.15) is 9.78 Å². The first kappa shape index (κ1) is 16.0. The number of aryl methyl sites for hydroxylation is 1. The SMILES string of the molecule is O=C(NC1=Nn2c(nnc2Cc2ccc(O)cc2)CC1)c1ccccc1. The molecule has 0 atom stereocenters. The number of nitrogens with one attached hydrogen (secondary N) is 1. The van der Waals surface area contributed by atoms with Gasteiger partial charge in [-0.3, -0.25) is 4.79 Å². The van der Waals surface area contributed by atoms with Gasteiger partial charge in [-0.25, -0.2) is 0 Å². The number of hydrogen-bond donors (Lipinski definition) is 2. The topological polar surface area (TPSA) is 92.4 Å². The van der Waals surface area contributed by atoms with E-state index in [0.717, 1.165) is 11.4 Å². The van der Waals surface area contributed by atoms with Gasteiger partial charge in [0.25, 0.3) is 5.91 Å². The molecule has 0 radical (unpaired) electrons. The number of rotatable bonds is 3. The molecule has 1 aliphatic rings. The molecule has 1 aromatic heterocycles. The van der Waals surface area contributed by atoms with Crippen molar-refractivity contribution in [2.45, 2.75) is 19.3 Å². The molecule has 2 aromatic carbocycles. The van der Waals surface area contributed by atoms with E-state index in [-0.39, 0.29) is 11.7 Å². The zero-order valence-electron chi connectivity index (χ0n) is 14.0. The van der Waals surface area contributed by atoms with Crippen LogP contribution in [0.3, 0.4) is 0 Å². The second-order valence-electron chi connectivity index (χ2n) is 6.05. The Morgan fingerprint density at radius 1 is 1.04 bits per heavy atom. The highest BCUT2D eigenvalue weighted by Crippen LogP contribution is 2.16. The number of carbonyl (C=O) groups excluding carboxylic acids is 1. The Morgan fingerprint density at radius 2 is 1.81 bits per heavy atom. The average molecular weight is 347 g/mol. The third-order valence-electron chi connectivity index (χ3n) is 4.17. The number of aromatic nitrogens is 3. The van der Waals surface area contributed by atoms with Crippen LogP contribution in [0.4, 0.5) is 0 Å². The number of carbonyl (C=O) groups is 1. The van der Waals surface area contributed by atoms with Crippen LogP contribution in [0.5, 0.6) is 5.75 Å². The quantitative estimate of drug-likeness (QED) is 0.759. The highest BCUT2D eigenvalue weighted by molar-refractivity contribution is 6.06. The van der Waals surface area contributed by atoms with Gasteiger partial charge in [0.15, 0.2) is 11.6 Å². The maximum absolute atomic E-state index is 12.3. The normalized spacial score (nSPS) is 13.0. The number of benzene rings is 2. The first-order valence-corrected chi connectivity index (χ1v) is 8.34. The number of hydrogen-bond acceptors (Lipinski definition) is 5. The van der Waals surface area contributed by atoms with Crippen LogP contribution in [0, 0.1) is 0 Å². The van der Waals surface area contributed by atoms with Crippen molar-refractivity contribution in [3.8, 4) is 5.75 Å². The molecule has 7 heteroatoms. The van der Waals surface area contributed by atoms with Crippen molar-refractivity contribution in [2.24, 2.45) is 5.10 Å². The van der Waals surface area contributed by atoms with Crippen molar-refractivity contribution >= 4 is 11.7 Å². The lowest BCUT2D eigenvalue weighted by Crippen LogP contribution is -2.33. The van der Waals surface area contributed by atoms with Crippen molar-refractivity contribution in [3.63, 3.8) is 0 Å². The summed E-state index contributed by atoms with van der Waals surface area (Å²) in [6.45, 7) is 0. The molecule has 130 valence electrons. The van der Waals surface area contributed by atoms with Gasteiger partial charge in [-0.1, -0.05) is 30.3 Å². The van der Waals surface area contributed by atoms with Crippen LogP contribution < -0.4 is 5.32 Å². The van der Waals surface area contributed by atoms with Gasteiger partial charge in [-0.15, -0.1) is 10.2 Å². The highest BCUT2D eigenvalue weighted by atomic mass is 16.3. The first-order chi connectivity index (χ1) is 12.7. The molecule has 2 N–H and O–H groups in total. The van der Waals surface area contributed by atoms with E-state index in [2.05, 4.69) is 20.6 Å². The summed E-state index contributed by atoms with van der Waals surface area (Å²) >= 11 is 0. The molecule has 0 saturated carbocycles. The van der Waals surface area contributed by atoms with Gasteiger partial charge in [-0.05, 0) is 29.8 Å². The molecule has 1 aliphatic heterocycles. The summed E-state index contributed by atoms with van der Waals surface area (Å²) in [5.74, 6) is 2.10. The standard InChI is InChI=1S/C19H17N5O2/c25-15-8-6-13(7-9-15)12-18-22-21-17-11-10-16(23-24(17)18)20-19(26)14-4-2-1-3-5-14/h1-9,25H,10-12H2,(H,20,23,26). The number of amides is 1. The van der Waals surface area contributed by atoms with E-state index < -0.39 is 0 Å². The molecular formula is C19H17N5O2. The Balaban J connectivity index is 1.54. The number of fused-ring (bicyclic) bond motifs is 1. The summed E-state index contributed by atoms with van der Waals surface area (Å²) < 4.78 is 1.69. The number of phenols is 1. The fourth-order valence-electron chi connectivity index (χ4n) is 2.81. The first-order valence-electron chi connectivity index (χ1n) is 8.34. The molecule has 0 saturated heterocycles. The lowest BCUT2D eigenvalue weighted by molar-refractivity contribution is 0.0976. The predicted molar refractivity (Wildman–Crippen MR) is 96.0 cm³/mol. The summed E-state index contributed by atoms with van der Waals surface area (Å²) in [4.78, 5) is 12.3. The fourth-order valence-corrected chi connectivity index (χ4v) is 2.81. The molecule has 2 heterocycles. The number of phenolic OH excluding ortho intramolecular Hbond substituents is 1. The predicted octanol–water partition coefficient (Wildman–Crippen LogP) is 2.11. The van der Waals surface area contributed by atoms with Gasteiger partial charge >= 0.3 is 0 Å². The lowest BCUT2D eigenvalue weighted by Gasteiger charge is -2.15. The summed E-state index contributed by atoms with van der Waals surface area (Å²) in [5, 5.41) is 25.2. The Bertz CT molecular complexity index is 961. The van der Waals surface area contributed by atoms with Crippen molar-refractivity contribution in [1.82, 2.24) is 20.2 Å². The van der Waals surface area contributed by atoms with Gasteiger partial charge < -0.3 is 10.4 Å². The molecule has 0 unspecified atom stereocenters. The third kappa shape index (κ3) is 3.32. The summed E-state index contributed by atoms with van der Waals surface area (Å²) in [6, 6.07) is 16.0. The molecule has 4 rings (SSSR count). The van der Waals surface area contributed by atoms with Gasteiger partial charge in [0.2, 0.25) is 0 Å². The zero-order valence-corrected chi connectivity index (χ0v) is 14.0. The fraction of sp³-hybridized carbons (Fsp3) is 0.158. The molecular weight excluding hydrogens is 330 g/mol. The van der Waals surface area contributed by atoms with Crippen LogP contribution in [-0.4, -0.2) is 31.7 Å². The largest absolute Gasteiger partial charge is 0.508 e. The van der Waals surface area contributed by atoms with Crippen molar-refractivity contribution < 1.29 is 9.90 Å². The Morgan fingerprint density at radius 3 is 2.58 bits per heavy atom. The van der Waals surface area contributed by atoms with Crippen molar-refractivity contribution in [2.75, 3.05) is 0 Å². The van der Waals surface area contributed by atoms with E-state index in [9.17, 15) is 9.90 Å². The van der Waals surface area contributed by atoms with Gasteiger partial charge in [0, 0.05) is 24.8 Å².